The van der Waals surface area contributed by atoms with Crippen molar-refractivity contribution in [2.45, 2.75) is 51.6 Å². The van der Waals surface area contributed by atoms with Crippen LogP contribution >= 0.6 is 0 Å². The molecular formula is C17H34N2O2. The third kappa shape index (κ3) is 5.51. The molecule has 2 N–H and O–H groups in total. The number of nitrogens with zero attached hydrogens (tertiary/aromatic N) is 2. The van der Waals surface area contributed by atoms with E-state index in [1.807, 2.05) is 0 Å². The van der Waals surface area contributed by atoms with Crippen LogP contribution in [0.25, 0.3) is 0 Å². The van der Waals surface area contributed by atoms with Gasteiger partial charge in [0.1, 0.15) is 0 Å². The van der Waals surface area contributed by atoms with Gasteiger partial charge in [-0.25, -0.2) is 0 Å². The quantitative estimate of drug-likeness (QED) is 0.781. The van der Waals surface area contributed by atoms with Gasteiger partial charge in [0.15, 0.2) is 0 Å². The Morgan fingerprint density at radius 2 is 1.81 bits per heavy atom. The predicted octanol–water partition coefficient (Wildman–Crippen LogP) is 1.56. The number of rotatable bonds is 6. The second-order valence-corrected chi connectivity index (χ2v) is 7.01. The second kappa shape index (κ2) is 9.09. The van der Waals surface area contributed by atoms with Gasteiger partial charge in [-0.15, -0.1) is 0 Å². The molecule has 1 saturated carbocycles. The minimum atomic E-state index is -0.0881. The first kappa shape index (κ1) is 17.2. The van der Waals surface area contributed by atoms with Crippen molar-refractivity contribution in [1.29, 1.82) is 0 Å². The summed E-state index contributed by atoms with van der Waals surface area (Å²) in [5, 5.41) is 19.4. The lowest BCUT2D eigenvalue weighted by Gasteiger charge is -2.36. The average Bonchev–Trinajstić information content (AvgIpc) is 2.69. The van der Waals surface area contributed by atoms with Gasteiger partial charge in [-0.1, -0.05) is 19.8 Å². The van der Waals surface area contributed by atoms with E-state index in [4.69, 9.17) is 5.11 Å². The van der Waals surface area contributed by atoms with Crippen molar-refractivity contribution < 1.29 is 10.2 Å². The Morgan fingerprint density at radius 1 is 1.05 bits per heavy atom. The summed E-state index contributed by atoms with van der Waals surface area (Å²) in [5.74, 6) is 1.31. The zero-order valence-corrected chi connectivity index (χ0v) is 13.7. The number of β-amino-alcohol motifs (C(OH)–C–C–N with tert-alkyl or cyclic N) is 1. The molecule has 2 fully saturated rings. The van der Waals surface area contributed by atoms with Crippen LogP contribution in [0.3, 0.4) is 0 Å². The van der Waals surface area contributed by atoms with E-state index in [1.165, 1.54) is 32.1 Å². The molecule has 2 aliphatic rings. The highest BCUT2D eigenvalue weighted by molar-refractivity contribution is 4.83. The molecule has 0 amide bonds. The summed E-state index contributed by atoms with van der Waals surface area (Å²) < 4.78 is 0. The van der Waals surface area contributed by atoms with Gasteiger partial charge in [-0.2, -0.15) is 0 Å². The molecule has 0 aromatic carbocycles. The molecule has 1 heterocycles. The van der Waals surface area contributed by atoms with Crippen LogP contribution in [-0.4, -0.2) is 72.0 Å². The summed E-state index contributed by atoms with van der Waals surface area (Å²) in [6.07, 6.45) is 7.12. The Morgan fingerprint density at radius 3 is 2.57 bits per heavy atom. The molecule has 0 bridgehead atoms. The molecule has 1 aliphatic carbocycles. The van der Waals surface area contributed by atoms with Gasteiger partial charge < -0.3 is 15.1 Å². The van der Waals surface area contributed by atoms with E-state index in [-0.39, 0.29) is 12.7 Å². The minimum Gasteiger partial charge on any atom is -0.395 e. The van der Waals surface area contributed by atoms with E-state index in [2.05, 4.69) is 16.7 Å². The summed E-state index contributed by atoms with van der Waals surface area (Å²) in [6.45, 7) is 8.78. The van der Waals surface area contributed by atoms with Crippen molar-refractivity contribution in [3.05, 3.63) is 0 Å². The van der Waals surface area contributed by atoms with Crippen molar-refractivity contribution in [2.24, 2.45) is 11.8 Å². The number of hydrogen-bond acceptors (Lipinski definition) is 4. The van der Waals surface area contributed by atoms with Gasteiger partial charge in [0.25, 0.3) is 0 Å². The van der Waals surface area contributed by atoms with E-state index < -0.39 is 0 Å². The van der Waals surface area contributed by atoms with Crippen LogP contribution in [0.2, 0.25) is 0 Å². The molecule has 3 unspecified atom stereocenters. The Labute approximate surface area is 130 Å². The molecule has 0 aromatic rings. The standard InChI is InChI=1S/C17H34N2O2/c1-2-4-15-5-6-17(21)16(13-15)14-19-8-3-7-18(9-10-19)11-12-20/h15-17,20-21H,2-14H2,1H3. The van der Waals surface area contributed by atoms with Crippen LogP contribution in [0, 0.1) is 11.8 Å². The molecule has 1 saturated heterocycles. The maximum absolute atomic E-state index is 10.3. The topological polar surface area (TPSA) is 46.9 Å². The molecule has 4 nitrogen and oxygen atoms in total. The highest BCUT2D eigenvalue weighted by atomic mass is 16.3. The molecule has 4 heteroatoms. The molecule has 1 aliphatic heterocycles. The van der Waals surface area contributed by atoms with E-state index in [9.17, 15) is 5.11 Å². The summed E-state index contributed by atoms with van der Waals surface area (Å²) >= 11 is 0. The largest absolute Gasteiger partial charge is 0.395 e. The number of aliphatic hydroxyl groups is 2. The summed E-state index contributed by atoms with van der Waals surface area (Å²) in [4.78, 5) is 4.90. The van der Waals surface area contributed by atoms with Crippen LogP contribution in [0.1, 0.15) is 45.4 Å². The lowest BCUT2D eigenvalue weighted by molar-refractivity contribution is 0.0263. The molecule has 0 aromatic heterocycles. The zero-order valence-electron chi connectivity index (χ0n) is 13.7. The van der Waals surface area contributed by atoms with Crippen LogP contribution in [0.5, 0.6) is 0 Å². The van der Waals surface area contributed by atoms with Gasteiger partial charge in [0.05, 0.1) is 12.7 Å². The summed E-state index contributed by atoms with van der Waals surface area (Å²) in [6, 6.07) is 0. The van der Waals surface area contributed by atoms with Crippen molar-refractivity contribution in [3.8, 4) is 0 Å². The fourth-order valence-electron chi connectivity index (χ4n) is 4.12. The van der Waals surface area contributed by atoms with Crippen molar-refractivity contribution in [2.75, 3.05) is 45.9 Å². The molecule has 2 rings (SSSR count). The lowest BCUT2D eigenvalue weighted by Crippen LogP contribution is -2.40. The third-order valence-corrected chi connectivity index (χ3v) is 5.34. The maximum Gasteiger partial charge on any atom is 0.0580 e. The van der Waals surface area contributed by atoms with Crippen LogP contribution < -0.4 is 0 Å². The molecule has 0 radical (unpaired) electrons. The van der Waals surface area contributed by atoms with E-state index >= 15 is 0 Å². The Kier molecular flexibility index (Phi) is 7.44. The van der Waals surface area contributed by atoms with Crippen molar-refractivity contribution in [1.82, 2.24) is 9.80 Å². The third-order valence-electron chi connectivity index (χ3n) is 5.34. The molecular weight excluding hydrogens is 264 g/mol. The number of aliphatic hydroxyl groups excluding tert-OH is 2. The normalized spacial score (nSPS) is 33.0. The number of hydrogen-bond donors (Lipinski definition) is 2. The van der Waals surface area contributed by atoms with E-state index in [0.29, 0.717) is 5.92 Å². The zero-order chi connectivity index (χ0) is 15.1. The van der Waals surface area contributed by atoms with Crippen molar-refractivity contribution in [3.63, 3.8) is 0 Å². The first-order valence-electron chi connectivity index (χ1n) is 8.96. The monoisotopic (exact) mass is 298 g/mol. The van der Waals surface area contributed by atoms with Gasteiger partial charge in [-0.05, 0) is 50.6 Å². The van der Waals surface area contributed by atoms with E-state index in [0.717, 1.165) is 51.6 Å². The minimum absolute atomic E-state index is 0.0881. The molecule has 124 valence electrons. The molecule has 21 heavy (non-hydrogen) atoms. The van der Waals surface area contributed by atoms with Crippen LogP contribution in [0.4, 0.5) is 0 Å². The fraction of sp³-hybridized carbons (Fsp3) is 1.00. The second-order valence-electron chi connectivity index (χ2n) is 7.01. The fourth-order valence-corrected chi connectivity index (χ4v) is 4.12. The maximum atomic E-state index is 10.3. The Hall–Kier alpha value is -0.160. The van der Waals surface area contributed by atoms with Crippen LogP contribution in [0.15, 0.2) is 0 Å². The Balaban J connectivity index is 1.79. The van der Waals surface area contributed by atoms with E-state index in [1.54, 1.807) is 0 Å². The first-order valence-corrected chi connectivity index (χ1v) is 8.96. The van der Waals surface area contributed by atoms with Crippen LogP contribution in [-0.2, 0) is 0 Å². The molecule has 0 spiro atoms. The molecule has 3 atom stereocenters. The van der Waals surface area contributed by atoms with Gasteiger partial charge >= 0.3 is 0 Å². The highest BCUT2D eigenvalue weighted by Gasteiger charge is 2.30. The van der Waals surface area contributed by atoms with Crippen molar-refractivity contribution >= 4 is 0 Å². The smallest absolute Gasteiger partial charge is 0.0580 e. The van der Waals surface area contributed by atoms with Gasteiger partial charge in [0.2, 0.25) is 0 Å². The predicted molar refractivity (Wildman–Crippen MR) is 86.3 cm³/mol. The Bertz CT molecular complexity index is 288. The average molecular weight is 298 g/mol. The summed E-state index contributed by atoms with van der Waals surface area (Å²) in [5.41, 5.74) is 0. The van der Waals surface area contributed by atoms with Gasteiger partial charge in [0, 0.05) is 26.2 Å². The van der Waals surface area contributed by atoms with Gasteiger partial charge in [-0.3, -0.25) is 4.90 Å². The first-order chi connectivity index (χ1) is 10.2. The highest BCUT2D eigenvalue weighted by Crippen LogP contribution is 2.32. The summed E-state index contributed by atoms with van der Waals surface area (Å²) in [7, 11) is 0. The lowest BCUT2D eigenvalue weighted by atomic mass is 9.77. The SMILES string of the molecule is CCCC1CCC(O)C(CN2CCCN(CCO)CC2)C1.